The summed E-state index contributed by atoms with van der Waals surface area (Å²) in [6, 6.07) is 10.8. The van der Waals surface area contributed by atoms with E-state index < -0.39 is 16.0 Å². The van der Waals surface area contributed by atoms with Crippen molar-refractivity contribution in [2.75, 3.05) is 11.8 Å². The molecule has 148 valence electrons. The smallest absolute Gasteiger partial charge is 0.342 e. The van der Waals surface area contributed by atoms with Gasteiger partial charge in [-0.2, -0.15) is 0 Å². The monoisotopic (exact) mass is 403 g/mol. The highest BCUT2D eigenvalue weighted by Crippen LogP contribution is 2.30. The lowest BCUT2D eigenvalue weighted by atomic mass is 10.1. The van der Waals surface area contributed by atoms with Crippen molar-refractivity contribution in [1.82, 2.24) is 0 Å². The van der Waals surface area contributed by atoms with Crippen LogP contribution in [0.2, 0.25) is 0 Å². The molecule has 1 N–H and O–H groups in total. The molecule has 0 aliphatic carbocycles. The van der Waals surface area contributed by atoms with E-state index in [9.17, 15) is 13.2 Å². The second-order valence-corrected chi connectivity index (χ2v) is 8.16. The molecule has 0 amide bonds. The fourth-order valence-corrected chi connectivity index (χ4v) is 3.83. The molecule has 1 heterocycles. The molecule has 8 heteroatoms. The number of fused-ring (bicyclic) bond motifs is 1. The molecule has 0 aliphatic heterocycles. The van der Waals surface area contributed by atoms with Gasteiger partial charge >= 0.3 is 5.97 Å². The summed E-state index contributed by atoms with van der Waals surface area (Å²) in [4.78, 5) is 12.5. The predicted molar refractivity (Wildman–Crippen MR) is 105 cm³/mol. The first-order valence-corrected chi connectivity index (χ1v) is 10.1. The number of furan rings is 1. The van der Waals surface area contributed by atoms with Crippen LogP contribution < -0.4 is 9.46 Å². The minimum atomic E-state index is -3.80. The molecule has 2 aromatic carbocycles. The summed E-state index contributed by atoms with van der Waals surface area (Å²) in [5, 5.41) is 0.484. The number of nitrogens with one attached hydrogen (secondary N) is 1. The second-order valence-electron chi connectivity index (χ2n) is 6.48. The van der Waals surface area contributed by atoms with Crippen LogP contribution in [0.25, 0.3) is 11.0 Å². The number of aryl methyl sites for hydroxylation is 1. The van der Waals surface area contributed by atoms with Crippen LogP contribution in [0.3, 0.4) is 0 Å². The summed E-state index contributed by atoms with van der Waals surface area (Å²) in [7, 11) is -2.30. The van der Waals surface area contributed by atoms with Crippen molar-refractivity contribution in [3.8, 4) is 5.75 Å². The number of esters is 1. The Morgan fingerprint density at radius 1 is 1.11 bits per heavy atom. The highest BCUT2D eigenvalue weighted by atomic mass is 32.2. The van der Waals surface area contributed by atoms with Crippen LogP contribution in [0.1, 0.15) is 30.0 Å². The van der Waals surface area contributed by atoms with E-state index in [1.54, 1.807) is 51.1 Å². The molecule has 3 aromatic rings. The average Bonchev–Trinajstić information content (AvgIpc) is 2.96. The summed E-state index contributed by atoms with van der Waals surface area (Å²) >= 11 is 0. The molecular weight excluding hydrogens is 382 g/mol. The molecule has 0 radical (unpaired) electrons. The zero-order chi connectivity index (χ0) is 20.5. The summed E-state index contributed by atoms with van der Waals surface area (Å²) in [6.07, 6.45) is -0.284. The van der Waals surface area contributed by atoms with Crippen LogP contribution in [-0.4, -0.2) is 27.6 Å². The third-order valence-corrected chi connectivity index (χ3v) is 5.43. The maximum absolute atomic E-state index is 12.6. The summed E-state index contributed by atoms with van der Waals surface area (Å²) in [5.74, 6) is 0.458. The average molecular weight is 403 g/mol. The Morgan fingerprint density at radius 2 is 1.79 bits per heavy atom. The van der Waals surface area contributed by atoms with Crippen LogP contribution in [0, 0.1) is 6.92 Å². The third kappa shape index (κ3) is 3.96. The first-order valence-electron chi connectivity index (χ1n) is 8.62. The van der Waals surface area contributed by atoms with Gasteiger partial charge in [-0.05, 0) is 63.2 Å². The number of benzene rings is 2. The van der Waals surface area contributed by atoms with Gasteiger partial charge in [-0.25, -0.2) is 13.2 Å². The van der Waals surface area contributed by atoms with E-state index >= 15 is 0 Å². The topological polar surface area (TPSA) is 94.8 Å². The van der Waals surface area contributed by atoms with Gasteiger partial charge in [-0.15, -0.1) is 0 Å². The lowest BCUT2D eigenvalue weighted by Gasteiger charge is -2.10. The van der Waals surface area contributed by atoms with Crippen molar-refractivity contribution in [2.45, 2.75) is 31.8 Å². The maximum atomic E-state index is 12.6. The van der Waals surface area contributed by atoms with Gasteiger partial charge in [0, 0.05) is 11.1 Å². The molecule has 0 fully saturated rings. The van der Waals surface area contributed by atoms with Gasteiger partial charge < -0.3 is 13.9 Å². The Morgan fingerprint density at radius 3 is 2.39 bits per heavy atom. The van der Waals surface area contributed by atoms with E-state index in [4.69, 9.17) is 13.9 Å². The van der Waals surface area contributed by atoms with Crippen LogP contribution in [-0.2, 0) is 14.8 Å². The number of ether oxygens (including phenoxy) is 2. The molecule has 0 bridgehead atoms. The van der Waals surface area contributed by atoms with Crippen molar-refractivity contribution < 1.29 is 27.1 Å². The number of carbonyl (C=O) groups is 1. The van der Waals surface area contributed by atoms with Crippen LogP contribution in [0.15, 0.2) is 51.8 Å². The number of rotatable bonds is 6. The van der Waals surface area contributed by atoms with E-state index in [1.807, 2.05) is 0 Å². The Kier molecular flexibility index (Phi) is 5.33. The molecule has 7 nitrogen and oxygen atoms in total. The SMILES string of the molecule is COc1ccc(S(=O)(=O)Nc2ccc3oc(C)c(C(=O)OC(C)C)c3c2)cc1. The molecule has 3 rings (SSSR count). The van der Waals surface area contributed by atoms with Crippen LogP contribution >= 0.6 is 0 Å². The number of hydrogen-bond acceptors (Lipinski definition) is 6. The fraction of sp³-hybridized carbons (Fsp3) is 0.250. The van der Waals surface area contributed by atoms with E-state index in [2.05, 4.69) is 4.72 Å². The molecule has 28 heavy (non-hydrogen) atoms. The molecule has 0 atom stereocenters. The number of sulfonamides is 1. The number of hydrogen-bond donors (Lipinski definition) is 1. The number of methoxy groups -OCH3 is 1. The van der Waals surface area contributed by atoms with E-state index in [0.717, 1.165) is 0 Å². The molecule has 0 aliphatic rings. The van der Waals surface area contributed by atoms with Gasteiger partial charge in [0.1, 0.15) is 22.7 Å². The molecule has 0 saturated carbocycles. The predicted octanol–water partition coefficient (Wildman–Crippen LogP) is 4.12. The fourth-order valence-electron chi connectivity index (χ4n) is 2.78. The van der Waals surface area contributed by atoms with Crippen molar-refractivity contribution in [1.29, 1.82) is 0 Å². The standard InChI is InChI=1S/C20H21NO6S/c1-12(2)26-20(22)19-13(3)27-18-10-5-14(11-17(18)19)21-28(23,24)16-8-6-15(25-4)7-9-16/h5-12,21H,1-4H3. The second kappa shape index (κ2) is 7.55. The summed E-state index contributed by atoms with van der Waals surface area (Å²) < 4.78 is 43.7. The maximum Gasteiger partial charge on any atom is 0.342 e. The van der Waals surface area contributed by atoms with Gasteiger partial charge in [0.05, 0.1) is 18.1 Å². The minimum Gasteiger partial charge on any atom is -0.497 e. The van der Waals surface area contributed by atoms with E-state index in [1.165, 1.54) is 19.2 Å². The highest BCUT2D eigenvalue weighted by molar-refractivity contribution is 7.92. The molecule has 0 unspecified atom stereocenters. The van der Waals surface area contributed by atoms with Crippen molar-refractivity contribution in [2.24, 2.45) is 0 Å². The molecule has 1 aromatic heterocycles. The first kappa shape index (κ1) is 19.8. The van der Waals surface area contributed by atoms with Gasteiger partial charge in [-0.1, -0.05) is 0 Å². The Hall–Kier alpha value is -3.00. The van der Waals surface area contributed by atoms with Gasteiger partial charge in [0.2, 0.25) is 0 Å². The normalized spacial score (nSPS) is 11.6. The van der Waals surface area contributed by atoms with Gasteiger partial charge in [0.25, 0.3) is 10.0 Å². The zero-order valence-electron chi connectivity index (χ0n) is 16.0. The first-order chi connectivity index (χ1) is 13.2. The quantitative estimate of drug-likeness (QED) is 0.622. The minimum absolute atomic E-state index is 0.0937. The Bertz CT molecular complexity index is 1110. The Labute approximate surface area is 163 Å². The molecule has 0 spiro atoms. The van der Waals surface area contributed by atoms with Crippen molar-refractivity contribution in [3.63, 3.8) is 0 Å². The van der Waals surface area contributed by atoms with Crippen LogP contribution in [0.4, 0.5) is 5.69 Å². The number of carbonyl (C=O) groups excluding carboxylic acids is 1. The highest BCUT2D eigenvalue weighted by Gasteiger charge is 2.22. The van der Waals surface area contributed by atoms with E-state index in [0.29, 0.717) is 28.2 Å². The summed E-state index contributed by atoms with van der Waals surface area (Å²) in [5.41, 5.74) is 1.07. The largest absolute Gasteiger partial charge is 0.497 e. The summed E-state index contributed by atoms with van der Waals surface area (Å²) in [6.45, 7) is 5.17. The van der Waals surface area contributed by atoms with Crippen molar-refractivity contribution in [3.05, 3.63) is 53.8 Å². The lowest BCUT2D eigenvalue weighted by molar-refractivity contribution is 0.0378. The molecule has 0 saturated heterocycles. The van der Waals surface area contributed by atoms with Crippen molar-refractivity contribution >= 4 is 32.6 Å². The Balaban J connectivity index is 1.96. The lowest BCUT2D eigenvalue weighted by Crippen LogP contribution is -2.13. The number of anilines is 1. The third-order valence-electron chi connectivity index (χ3n) is 4.03. The zero-order valence-corrected chi connectivity index (χ0v) is 16.8. The van der Waals surface area contributed by atoms with Crippen LogP contribution in [0.5, 0.6) is 5.75 Å². The van der Waals surface area contributed by atoms with Gasteiger partial charge in [0.15, 0.2) is 0 Å². The van der Waals surface area contributed by atoms with E-state index in [-0.39, 0.29) is 16.6 Å². The molecular formula is C20H21NO6S. The van der Waals surface area contributed by atoms with Gasteiger partial charge in [-0.3, -0.25) is 4.72 Å².